The molecule has 1 fully saturated rings. The Balaban J connectivity index is 1.48. The standard InChI is InChI=1S/C27H39N5O3/c1-4-27(26(33)29-2)14-8-7-9-19(27)12-17-35-18-15-32-22(13-16-34-3)31-23-24(32)20-10-5-6-11-21(20)30-25(23)28/h5-6,10-11,19H,4,7-9,12-18H2,1-3H3,(H2,28,30)(H,29,33). The van der Waals surface area contributed by atoms with Gasteiger partial charge in [-0.2, -0.15) is 0 Å². The number of hydrogen-bond donors (Lipinski definition) is 2. The summed E-state index contributed by atoms with van der Waals surface area (Å²) in [7, 11) is 3.45. The van der Waals surface area contributed by atoms with Gasteiger partial charge in [-0.3, -0.25) is 4.79 Å². The first-order valence-electron chi connectivity index (χ1n) is 12.9. The molecule has 3 aromatic rings. The zero-order chi connectivity index (χ0) is 24.8. The van der Waals surface area contributed by atoms with Crippen LogP contribution in [0.15, 0.2) is 24.3 Å². The van der Waals surface area contributed by atoms with Crippen LogP contribution in [0.3, 0.4) is 0 Å². The van der Waals surface area contributed by atoms with Crippen molar-refractivity contribution >= 4 is 33.7 Å². The van der Waals surface area contributed by atoms with Gasteiger partial charge in [-0.1, -0.05) is 38.0 Å². The summed E-state index contributed by atoms with van der Waals surface area (Å²) in [5.74, 6) is 1.92. The second kappa shape index (κ2) is 11.4. The van der Waals surface area contributed by atoms with Crippen molar-refractivity contribution in [1.29, 1.82) is 0 Å². The second-order valence-corrected chi connectivity index (χ2v) is 9.57. The minimum Gasteiger partial charge on any atom is -0.384 e. The number of benzene rings is 1. The number of nitrogens with one attached hydrogen (secondary N) is 1. The molecular formula is C27H39N5O3. The van der Waals surface area contributed by atoms with E-state index in [9.17, 15) is 4.79 Å². The van der Waals surface area contributed by atoms with Gasteiger partial charge in [0, 0.05) is 39.1 Å². The number of carbonyl (C=O) groups excluding carboxylic acids is 1. The smallest absolute Gasteiger partial charge is 0.226 e. The number of pyridine rings is 1. The molecule has 8 heteroatoms. The van der Waals surface area contributed by atoms with E-state index in [0.29, 0.717) is 44.5 Å². The Bertz CT molecular complexity index is 1160. The number of hydrogen-bond acceptors (Lipinski definition) is 6. The van der Waals surface area contributed by atoms with E-state index in [1.165, 1.54) is 6.42 Å². The summed E-state index contributed by atoms with van der Waals surface area (Å²) in [5, 5.41) is 3.96. The number of anilines is 1. The van der Waals surface area contributed by atoms with Gasteiger partial charge in [-0.05, 0) is 37.7 Å². The highest BCUT2D eigenvalue weighted by atomic mass is 16.5. The Labute approximate surface area is 207 Å². The molecule has 2 atom stereocenters. The fourth-order valence-corrected chi connectivity index (χ4v) is 5.92. The highest BCUT2D eigenvalue weighted by molar-refractivity contribution is 6.06. The Morgan fingerprint density at radius 2 is 2.06 bits per heavy atom. The molecule has 1 aliphatic carbocycles. The van der Waals surface area contributed by atoms with E-state index in [1.807, 2.05) is 18.2 Å². The van der Waals surface area contributed by atoms with E-state index in [-0.39, 0.29) is 11.3 Å². The summed E-state index contributed by atoms with van der Waals surface area (Å²) in [4.78, 5) is 22.1. The van der Waals surface area contributed by atoms with Crippen LogP contribution >= 0.6 is 0 Å². The van der Waals surface area contributed by atoms with Crippen molar-refractivity contribution in [3.05, 3.63) is 30.1 Å². The number of carbonyl (C=O) groups is 1. The maximum atomic E-state index is 12.8. The van der Waals surface area contributed by atoms with Crippen LogP contribution in [0.1, 0.15) is 51.3 Å². The minimum atomic E-state index is -0.256. The number of rotatable bonds is 11. The van der Waals surface area contributed by atoms with E-state index in [4.69, 9.17) is 20.2 Å². The van der Waals surface area contributed by atoms with Crippen LogP contribution < -0.4 is 11.1 Å². The van der Waals surface area contributed by atoms with Crippen molar-refractivity contribution in [2.75, 3.05) is 39.7 Å². The summed E-state index contributed by atoms with van der Waals surface area (Å²) in [6.45, 7) is 4.60. The average Bonchev–Trinajstić information content (AvgIpc) is 3.26. The maximum absolute atomic E-state index is 12.8. The third kappa shape index (κ3) is 5.00. The van der Waals surface area contributed by atoms with Crippen molar-refractivity contribution in [2.45, 2.75) is 58.4 Å². The molecule has 2 aromatic heterocycles. The van der Waals surface area contributed by atoms with E-state index in [2.05, 4.69) is 27.9 Å². The third-order valence-electron chi connectivity index (χ3n) is 7.81. The van der Waals surface area contributed by atoms with Crippen LogP contribution in [0.25, 0.3) is 21.9 Å². The van der Waals surface area contributed by atoms with E-state index < -0.39 is 0 Å². The Hall–Kier alpha value is -2.71. The molecule has 190 valence electrons. The van der Waals surface area contributed by atoms with Crippen molar-refractivity contribution in [1.82, 2.24) is 19.9 Å². The molecule has 0 aliphatic heterocycles. The molecule has 4 rings (SSSR count). The first-order valence-corrected chi connectivity index (χ1v) is 12.9. The first-order chi connectivity index (χ1) is 17.1. The number of nitrogens with zero attached hydrogens (tertiary/aromatic N) is 3. The number of ether oxygens (including phenoxy) is 2. The van der Waals surface area contributed by atoms with Gasteiger partial charge < -0.3 is 25.1 Å². The zero-order valence-corrected chi connectivity index (χ0v) is 21.3. The predicted molar refractivity (Wildman–Crippen MR) is 139 cm³/mol. The normalized spacial score (nSPS) is 20.5. The molecule has 0 radical (unpaired) electrons. The van der Waals surface area contributed by atoms with Crippen LogP contribution in [0.5, 0.6) is 0 Å². The van der Waals surface area contributed by atoms with E-state index >= 15 is 0 Å². The molecule has 2 unspecified atom stereocenters. The van der Waals surface area contributed by atoms with Crippen LogP contribution in [-0.2, 0) is 27.2 Å². The van der Waals surface area contributed by atoms with Crippen molar-refractivity contribution in [2.24, 2.45) is 11.3 Å². The Morgan fingerprint density at radius 3 is 2.83 bits per heavy atom. The SMILES string of the molecule is CCC1(C(=O)NC)CCCCC1CCOCCn1c(CCOC)nc2c(N)nc3ccccc3c21. The number of para-hydroxylation sites is 1. The van der Waals surface area contributed by atoms with Gasteiger partial charge in [0.2, 0.25) is 5.91 Å². The van der Waals surface area contributed by atoms with Gasteiger partial charge in [0.15, 0.2) is 5.82 Å². The zero-order valence-electron chi connectivity index (χ0n) is 21.3. The van der Waals surface area contributed by atoms with Gasteiger partial charge >= 0.3 is 0 Å². The number of nitrogens with two attached hydrogens (primary N) is 1. The lowest BCUT2D eigenvalue weighted by Crippen LogP contribution is -2.46. The molecule has 1 saturated carbocycles. The Morgan fingerprint density at radius 1 is 1.23 bits per heavy atom. The number of methoxy groups -OCH3 is 1. The minimum absolute atomic E-state index is 0.190. The quantitative estimate of drug-likeness (QED) is 0.400. The fourth-order valence-electron chi connectivity index (χ4n) is 5.92. The Kier molecular flexibility index (Phi) is 8.23. The van der Waals surface area contributed by atoms with Crippen molar-refractivity contribution < 1.29 is 14.3 Å². The molecule has 1 aromatic carbocycles. The van der Waals surface area contributed by atoms with Gasteiger partial charge in [-0.15, -0.1) is 0 Å². The van der Waals surface area contributed by atoms with Crippen LogP contribution in [0.4, 0.5) is 5.82 Å². The second-order valence-electron chi connectivity index (χ2n) is 9.57. The van der Waals surface area contributed by atoms with E-state index in [1.54, 1.807) is 14.2 Å². The molecule has 2 heterocycles. The lowest BCUT2D eigenvalue weighted by Gasteiger charge is -2.42. The molecule has 0 spiro atoms. The highest BCUT2D eigenvalue weighted by Crippen LogP contribution is 2.45. The number of aromatic nitrogens is 3. The molecule has 0 saturated heterocycles. The summed E-state index contributed by atoms with van der Waals surface area (Å²) in [6.07, 6.45) is 6.85. The summed E-state index contributed by atoms with van der Waals surface area (Å²) in [5.41, 5.74) is 8.62. The summed E-state index contributed by atoms with van der Waals surface area (Å²) >= 11 is 0. The number of fused-ring (bicyclic) bond motifs is 3. The molecule has 1 aliphatic rings. The third-order valence-corrected chi connectivity index (χ3v) is 7.81. The number of nitrogen functional groups attached to an aromatic ring is 1. The fraction of sp³-hybridized carbons (Fsp3) is 0.593. The topological polar surface area (TPSA) is 104 Å². The molecule has 8 nitrogen and oxygen atoms in total. The van der Waals surface area contributed by atoms with Gasteiger partial charge in [0.1, 0.15) is 11.3 Å². The average molecular weight is 482 g/mol. The first kappa shape index (κ1) is 25.4. The molecular weight excluding hydrogens is 442 g/mol. The highest BCUT2D eigenvalue weighted by Gasteiger charge is 2.44. The number of imidazole rings is 1. The monoisotopic (exact) mass is 481 g/mol. The van der Waals surface area contributed by atoms with Crippen molar-refractivity contribution in [3.8, 4) is 0 Å². The molecule has 35 heavy (non-hydrogen) atoms. The van der Waals surface area contributed by atoms with Crippen LogP contribution in [0.2, 0.25) is 0 Å². The molecule has 0 bridgehead atoms. The molecule has 1 amide bonds. The maximum Gasteiger partial charge on any atom is 0.226 e. The van der Waals surface area contributed by atoms with Crippen LogP contribution in [-0.4, -0.2) is 54.4 Å². The lowest BCUT2D eigenvalue weighted by atomic mass is 9.63. The van der Waals surface area contributed by atoms with Crippen LogP contribution in [0, 0.1) is 11.3 Å². The van der Waals surface area contributed by atoms with Gasteiger partial charge in [-0.25, -0.2) is 9.97 Å². The predicted octanol–water partition coefficient (Wildman–Crippen LogP) is 4.09. The number of amides is 1. The van der Waals surface area contributed by atoms with E-state index in [0.717, 1.165) is 59.9 Å². The summed E-state index contributed by atoms with van der Waals surface area (Å²) in [6, 6.07) is 8.02. The van der Waals surface area contributed by atoms with Crippen molar-refractivity contribution in [3.63, 3.8) is 0 Å². The lowest BCUT2D eigenvalue weighted by molar-refractivity contribution is -0.137. The van der Waals surface area contributed by atoms with Gasteiger partial charge in [0.05, 0.1) is 29.7 Å². The summed E-state index contributed by atoms with van der Waals surface area (Å²) < 4.78 is 13.7. The largest absolute Gasteiger partial charge is 0.384 e. The van der Waals surface area contributed by atoms with Gasteiger partial charge in [0.25, 0.3) is 0 Å². The molecule has 3 N–H and O–H groups in total.